The maximum atomic E-state index is 2.45. The molecular weight excluding hydrogens is 651 g/mol. The number of fused-ring (bicyclic) bond motifs is 4. The fraction of sp³-hybridized carbons (Fsp3) is 0.132. The molecular formula is C53H45N. The van der Waals surface area contributed by atoms with Gasteiger partial charge in [-0.25, -0.2) is 0 Å². The molecule has 54 heavy (non-hydrogen) atoms. The van der Waals surface area contributed by atoms with Gasteiger partial charge in [-0.2, -0.15) is 0 Å². The Hall–Kier alpha value is -6.18. The second-order valence-electron chi connectivity index (χ2n) is 16.2. The SMILES string of the molecule is CC(C)(C)c1ccc(-c2ccc(N(c3ccc4c(c3)C(C)(C)c3ccccc3-4)c3ccccc3-c3ccccc3)cc2)c2c(-c3ccccc3)cccc12. The van der Waals surface area contributed by atoms with Gasteiger partial charge in [-0.1, -0.05) is 186 Å². The molecule has 0 heterocycles. The predicted octanol–water partition coefficient (Wildman–Crippen LogP) is 14.9. The predicted molar refractivity (Wildman–Crippen MR) is 231 cm³/mol. The van der Waals surface area contributed by atoms with Crippen LogP contribution in [0.4, 0.5) is 17.1 Å². The molecule has 0 radical (unpaired) electrons. The van der Waals surface area contributed by atoms with E-state index < -0.39 is 0 Å². The first-order valence-corrected chi connectivity index (χ1v) is 19.1. The minimum absolute atomic E-state index is 0.00832. The summed E-state index contributed by atoms with van der Waals surface area (Å²) in [5.74, 6) is 0. The number of rotatable bonds is 6. The van der Waals surface area contributed by atoms with E-state index in [1.807, 2.05) is 0 Å². The Labute approximate surface area is 320 Å². The van der Waals surface area contributed by atoms with E-state index in [4.69, 9.17) is 0 Å². The number of para-hydroxylation sites is 1. The van der Waals surface area contributed by atoms with Gasteiger partial charge in [0.05, 0.1) is 5.69 Å². The standard InChI is InChI=1S/C53H45N/c1-52(2,3)47-34-33-43(51-42(23-16-24-46(47)51)37-19-10-7-11-20-37)38-27-29-39(30-28-38)54(50-26-15-13-21-41(50)36-17-8-6-9-18-36)40-31-32-45-44-22-12-14-25-48(44)53(4,5)49(45)35-40/h6-35H,1-5H3. The second-order valence-corrected chi connectivity index (χ2v) is 16.2. The average Bonchev–Trinajstić information content (AvgIpc) is 3.43. The van der Waals surface area contributed by atoms with Crippen molar-refractivity contribution in [3.63, 3.8) is 0 Å². The molecule has 0 fully saturated rings. The molecule has 0 amide bonds. The fourth-order valence-corrected chi connectivity index (χ4v) is 8.74. The van der Waals surface area contributed by atoms with Gasteiger partial charge in [-0.05, 0) is 102 Å². The number of hydrogen-bond acceptors (Lipinski definition) is 1. The van der Waals surface area contributed by atoms with Crippen molar-refractivity contribution < 1.29 is 0 Å². The summed E-state index contributed by atoms with van der Waals surface area (Å²) in [6.45, 7) is 11.7. The molecule has 0 aromatic heterocycles. The molecule has 0 aliphatic heterocycles. The molecule has 1 aliphatic rings. The van der Waals surface area contributed by atoms with Crippen LogP contribution in [0.15, 0.2) is 182 Å². The molecule has 0 bridgehead atoms. The van der Waals surface area contributed by atoms with E-state index in [2.05, 4.69) is 222 Å². The van der Waals surface area contributed by atoms with E-state index >= 15 is 0 Å². The van der Waals surface area contributed by atoms with Gasteiger partial charge in [0.2, 0.25) is 0 Å². The minimum atomic E-state index is -0.104. The van der Waals surface area contributed by atoms with Crippen molar-refractivity contribution in [1.82, 2.24) is 0 Å². The van der Waals surface area contributed by atoms with Gasteiger partial charge in [-0.15, -0.1) is 0 Å². The lowest BCUT2D eigenvalue weighted by atomic mass is 9.80. The maximum absolute atomic E-state index is 2.45. The van der Waals surface area contributed by atoms with Crippen molar-refractivity contribution in [3.8, 4) is 44.5 Å². The zero-order valence-corrected chi connectivity index (χ0v) is 31.8. The third-order valence-corrected chi connectivity index (χ3v) is 11.4. The van der Waals surface area contributed by atoms with E-state index in [0.717, 1.165) is 17.1 Å². The molecule has 1 aliphatic carbocycles. The first kappa shape index (κ1) is 33.6. The Morgan fingerprint density at radius 1 is 0.407 bits per heavy atom. The van der Waals surface area contributed by atoms with Crippen LogP contribution < -0.4 is 4.90 Å². The van der Waals surface area contributed by atoms with Crippen molar-refractivity contribution in [2.75, 3.05) is 4.90 Å². The molecule has 9 rings (SSSR count). The van der Waals surface area contributed by atoms with Crippen LogP contribution in [0.5, 0.6) is 0 Å². The lowest BCUT2D eigenvalue weighted by Crippen LogP contribution is -2.16. The van der Waals surface area contributed by atoms with E-state index in [-0.39, 0.29) is 10.8 Å². The first-order chi connectivity index (χ1) is 26.2. The van der Waals surface area contributed by atoms with E-state index in [1.165, 1.54) is 72.0 Å². The van der Waals surface area contributed by atoms with Gasteiger partial charge in [0, 0.05) is 22.4 Å². The van der Waals surface area contributed by atoms with E-state index in [1.54, 1.807) is 0 Å². The Balaban J connectivity index is 1.23. The first-order valence-electron chi connectivity index (χ1n) is 19.1. The van der Waals surface area contributed by atoms with Gasteiger partial charge in [0.15, 0.2) is 0 Å². The van der Waals surface area contributed by atoms with Crippen LogP contribution in [0.1, 0.15) is 51.3 Å². The zero-order valence-electron chi connectivity index (χ0n) is 31.8. The molecule has 262 valence electrons. The monoisotopic (exact) mass is 695 g/mol. The van der Waals surface area contributed by atoms with Crippen LogP contribution in [-0.2, 0) is 10.8 Å². The average molecular weight is 696 g/mol. The Morgan fingerprint density at radius 3 is 1.63 bits per heavy atom. The van der Waals surface area contributed by atoms with Crippen LogP contribution in [0.2, 0.25) is 0 Å². The summed E-state index contributed by atoms with van der Waals surface area (Å²) in [7, 11) is 0. The highest BCUT2D eigenvalue weighted by Gasteiger charge is 2.36. The summed E-state index contributed by atoms with van der Waals surface area (Å²) >= 11 is 0. The molecule has 0 atom stereocenters. The summed E-state index contributed by atoms with van der Waals surface area (Å²) in [5, 5.41) is 2.61. The quantitative estimate of drug-likeness (QED) is 0.167. The molecule has 0 saturated carbocycles. The highest BCUT2D eigenvalue weighted by Crippen LogP contribution is 2.51. The Bertz CT molecular complexity index is 2640. The summed E-state index contributed by atoms with van der Waals surface area (Å²) in [6.07, 6.45) is 0. The summed E-state index contributed by atoms with van der Waals surface area (Å²) in [5.41, 5.74) is 17.4. The molecule has 1 nitrogen and oxygen atoms in total. The van der Waals surface area contributed by atoms with Crippen LogP contribution in [0.3, 0.4) is 0 Å². The molecule has 0 saturated heterocycles. The van der Waals surface area contributed by atoms with E-state index in [0.29, 0.717) is 0 Å². The van der Waals surface area contributed by atoms with Gasteiger partial charge >= 0.3 is 0 Å². The van der Waals surface area contributed by atoms with Crippen LogP contribution in [-0.4, -0.2) is 0 Å². The Morgan fingerprint density at radius 2 is 0.926 bits per heavy atom. The smallest absolute Gasteiger partial charge is 0.0540 e. The fourth-order valence-electron chi connectivity index (χ4n) is 8.74. The van der Waals surface area contributed by atoms with Crippen molar-refractivity contribution >= 4 is 27.8 Å². The highest BCUT2D eigenvalue weighted by atomic mass is 15.1. The highest BCUT2D eigenvalue weighted by molar-refractivity contribution is 6.08. The molecule has 8 aromatic rings. The summed E-state index contributed by atoms with van der Waals surface area (Å²) < 4.78 is 0. The summed E-state index contributed by atoms with van der Waals surface area (Å²) in [6, 6.07) is 67.0. The van der Waals surface area contributed by atoms with Gasteiger partial charge < -0.3 is 4.90 Å². The third-order valence-electron chi connectivity index (χ3n) is 11.4. The van der Waals surface area contributed by atoms with Crippen LogP contribution in [0, 0.1) is 0 Å². The van der Waals surface area contributed by atoms with Crippen molar-refractivity contribution in [2.24, 2.45) is 0 Å². The molecule has 1 heteroatoms. The summed E-state index contributed by atoms with van der Waals surface area (Å²) in [4.78, 5) is 2.45. The topological polar surface area (TPSA) is 3.24 Å². The maximum Gasteiger partial charge on any atom is 0.0540 e. The zero-order chi connectivity index (χ0) is 37.0. The molecule has 8 aromatic carbocycles. The molecule has 0 spiro atoms. The number of anilines is 3. The van der Waals surface area contributed by atoms with Crippen molar-refractivity contribution in [3.05, 3.63) is 199 Å². The van der Waals surface area contributed by atoms with Gasteiger partial charge in [0.1, 0.15) is 0 Å². The number of benzene rings is 8. The van der Waals surface area contributed by atoms with E-state index in [9.17, 15) is 0 Å². The minimum Gasteiger partial charge on any atom is -0.310 e. The third kappa shape index (κ3) is 5.63. The van der Waals surface area contributed by atoms with Crippen LogP contribution in [0.25, 0.3) is 55.3 Å². The lowest BCUT2D eigenvalue weighted by Gasteiger charge is -2.30. The van der Waals surface area contributed by atoms with Gasteiger partial charge in [-0.3, -0.25) is 0 Å². The van der Waals surface area contributed by atoms with Crippen molar-refractivity contribution in [2.45, 2.75) is 45.4 Å². The molecule has 0 unspecified atom stereocenters. The van der Waals surface area contributed by atoms with Crippen molar-refractivity contribution in [1.29, 1.82) is 0 Å². The normalized spacial score (nSPS) is 13.1. The number of nitrogens with zero attached hydrogens (tertiary/aromatic N) is 1. The van der Waals surface area contributed by atoms with Crippen LogP contribution >= 0.6 is 0 Å². The number of hydrogen-bond donors (Lipinski definition) is 0. The Kier molecular flexibility index (Phi) is 8.12. The largest absolute Gasteiger partial charge is 0.310 e. The van der Waals surface area contributed by atoms with Gasteiger partial charge in [0.25, 0.3) is 0 Å². The molecule has 0 N–H and O–H groups in total. The second kappa shape index (κ2) is 13.0. The lowest BCUT2D eigenvalue weighted by molar-refractivity contribution is 0.596.